The van der Waals surface area contributed by atoms with Gasteiger partial charge in [0, 0.05) is 18.7 Å². The summed E-state index contributed by atoms with van der Waals surface area (Å²) < 4.78 is 0. The molecule has 2 rings (SSSR count). The predicted octanol–water partition coefficient (Wildman–Crippen LogP) is 2.80. The largest absolute Gasteiger partial charge is 0.378 e. The zero-order valence-corrected chi connectivity index (χ0v) is 11.6. The maximum absolute atomic E-state index is 11.0. The van der Waals surface area contributed by atoms with Gasteiger partial charge in [0.2, 0.25) is 0 Å². The highest BCUT2D eigenvalue weighted by atomic mass is 16.6. The Hall–Kier alpha value is -1.62. The minimum Gasteiger partial charge on any atom is -0.378 e. The van der Waals surface area contributed by atoms with E-state index in [0.717, 1.165) is 25.1 Å². The van der Waals surface area contributed by atoms with E-state index in [1.807, 2.05) is 13.0 Å². The molecule has 1 fully saturated rings. The standard InChI is InChI=1S/C14H21N3O2/c1-11-6-7-13(14(9-11)17(18)19)15-10-12-5-3-4-8-16(12)2/h6-7,9,12,15H,3-5,8,10H2,1-2H3. The van der Waals surface area contributed by atoms with Crippen LogP contribution in [0.1, 0.15) is 24.8 Å². The molecule has 1 N–H and O–H groups in total. The summed E-state index contributed by atoms with van der Waals surface area (Å²) >= 11 is 0. The summed E-state index contributed by atoms with van der Waals surface area (Å²) in [4.78, 5) is 13.1. The zero-order valence-electron chi connectivity index (χ0n) is 11.6. The van der Waals surface area contributed by atoms with Gasteiger partial charge < -0.3 is 10.2 Å². The van der Waals surface area contributed by atoms with Crippen molar-refractivity contribution in [2.24, 2.45) is 0 Å². The summed E-state index contributed by atoms with van der Waals surface area (Å²) in [7, 11) is 2.12. The molecule has 5 nitrogen and oxygen atoms in total. The van der Waals surface area contributed by atoms with Crippen molar-refractivity contribution < 1.29 is 4.92 Å². The van der Waals surface area contributed by atoms with Gasteiger partial charge in [-0.05, 0) is 45.0 Å². The third-order valence-electron chi connectivity index (χ3n) is 3.80. The van der Waals surface area contributed by atoms with Gasteiger partial charge in [0.15, 0.2) is 0 Å². The van der Waals surface area contributed by atoms with Gasteiger partial charge in [0.05, 0.1) is 4.92 Å². The van der Waals surface area contributed by atoms with Crippen LogP contribution < -0.4 is 5.32 Å². The van der Waals surface area contributed by atoms with E-state index in [1.54, 1.807) is 12.1 Å². The van der Waals surface area contributed by atoms with Crippen LogP contribution >= 0.6 is 0 Å². The summed E-state index contributed by atoms with van der Waals surface area (Å²) in [6, 6.07) is 5.79. The van der Waals surface area contributed by atoms with Crippen LogP contribution in [0, 0.1) is 17.0 Å². The predicted molar refractivity (Wildman–Crippen MR) is 76.6 cm³/mol. The Bertz CT molecular complexity index is 462. The maximum atomic E-state index is 11.0. The third kappa shape index (κ3) is 3.44. The van der Waals surface area contributed by atoms with Crippen molar-refractivity contribution in [1.29, 1.82) is 0 Å². The molecule has 1 aliphatic rings. The first-order valence-corrected chi connectivity index (χ1v) is 6.77. The van der Waals surface area contributed by atoms with Crippen molar-refractivity contribution >= 4 is 11.4 Å². The molecule has 0 amide bonds. The molecule has 0 radical (unpaired) electrons. The number of piperidine rings is 1. The van der Waals surface area contributed by atoms with Crippen LogP contribution in [-0.2, 0) is 0 Å². The van der Waals surface area contributed by atoms with E-state index in [1.165, 1.54) is 12.8 Å². The Balaban J connectivity index is 2.04. The number of nitro benzene ring substituents is 1. The number of rotatable bonds is 4. The highest BCUT2D eigenvalue weighted by Crippen LogP contribution is 2.26. The Labute approximate surface area is 113 Å². The number of likely N-dealkylation sites (N-methyl/N-ethyl adjacent to an activating group) is 1. The molecule has 1 saturated heterocycles. The summed E-state index contributed by atoms with van der Waals surface area (Å²) in [6.07, 6.45) is 3.65. The number of aryl methyl sites for hydroxylation is 1. The Morgan fingerprint density at radius 1 is 1.47 bits per heavy atom. The second-order valence-corrected chi connectivity index (χ2v) is 5.29. The molecule has 1 aliphatic heterocycles. The van der Waals surface area contributed by atoms with Gasteiger partial charge in [0.1, 0.15) is 5.69 Å². The molecule has 104 valence electrons. The van der Waals surface area contributed by atoms with E-state index < -0.39 is 0 Å². The second-order valence-electron chi connectivity index (χ2n) is 5.29. The number of benzene rings is 1. The van der Waals surface area contributed by atoms with Gasteiger partial charge >= 0.3 is 0 Å². The average molecular weight is 263 g/mol. The lowest BCUT2D eigenvalue weighted by Crippen LogP contribution is -2.40. The summed E-state index contributed by atoms with van der Waals surface area (Å²) in [5.74, 6) is 0. The van der Waals surface area contributed by atoms with Crippen molar-refractivity contribution in [3.8, 4) is 0 Å². The highest BCUT2D eigenvalue weighted by molar-refractivity contribution is 5.62. The van der Waals surface area contributed by atoms with Crippen LogP contribution in [0.2, 0.25) is 0 Å². The minimum absolute atomic E-state index is 0.165. The number of likely N-dealkylation sites (tertiary alicyclic amines) is 1. The average Bonchev–Trinajstić information content (AvgIpc) is 2.38. The molecular weight excluding hydrogens is 242 g/mol. The molecular formula is C14H21N3O2. The molecule has 0 bridgehead atoms. The van der Waals surface area contributed by atoms with Crippen molar-refractivity contribution in [3.63, 3.8) is 0 Å². The van der Waals surface area contributed by atoms with E-state index in [-0.39, 0.29) is 10.6 Å². The molecule has 0 aliphatic carbocycles. The summed E-state index contributed by atoms with van der Waals surface area (Å²) in [5, 5.41) is 14.3. The smallest absolute Gasteiger partial charge is 0.292 e. The topological polar surface area (TPSA) is 58.4 Å². The fourth-order valence-corrected chi connectivity index (χ4v) is 2.57. The second kappa shape index (κ2) is 6.02. The normalized spacial score (nSPS) is 20.2. The molecule has 0 saturated carbocycles. The lowest BCUT2D eigenvalue weighted by molar-refractivity contribution is -0.384. The van der Waals surface area contributed by atoms with E-state index in [9.17, 15) is 10.1 Å². The monoisotopic (exact) mass is 263 g/mol. The lowest BCUT2D eigenvalue weighted by Gasteiger charge is -2.32. The quantitative estimate of drug-likeness (QED) is 0.670. The van der Waals surface area contributed by atoms with E-state index >= 15 is 0 Å². The minimum atomic E-state index is -0.320. The molecule has 19 heavy (non-hydrogen) atoms. The number of nitrogens with one attached hydrogen (secondary N) is 1. The fourth-order valence-electron chi connectivity index (χ4n) is 2.57. The van der Waals surface area contributed by atoms with Crippen LogP contribution in [0.4, 0.5) is 11.4 Å². The Morgan fingerprint density at radius 2 is 2.26 bits per heavy atom. The molecule has 1 aromatic rings. The van der Waals surface area contributed by atoms with Gasteiger partial charge in [0.25, 0.3) is 5.69 Å². The first-order chi connectivity index (χ1) is 9.08. The van der Waals surface area contributed by atoms with Crippen molar-refractivity contribution in [2.45, 2.75) is 32.2 Å². The zero-order chi connectivity index (χ0) is 13.8. The van der Waals surface area contributed by atoms with Crippen LogP contribution in [0.15, 0.2) is 18.2 Å². The number of anilines is 1. The molecule has 5 heteroatoms. The molecule has 1 atom stereocenters. The van der Waals surface area contributed by atoms with Gasteiger partial charge in [-0.2, -0.15) is 0 Å². The van der Waals surface area contributed by atoms with E-state index in [0.29, 0.717) is 11.7 Å². The summed E-state index contributed by atoms with van der Waals surface area (Å²) in [6.45, 7) is 3.74. The number of nitro groups is 1. The van der Waals surface area contributed by atoms with Crippen molar-refractivity contribution in [2.75, 3.05) is 25.5 Å². The molecule has 1 unspecified atom stereocenters. The first-order valence-electron chi connectivity index (χ1n) is 6.77. The number of hydrogen-bond donors (Lipinski definition) is 1. The highest BCUT2D eigenvalue weighted by Gasteiger charge is 2.20. The van der Waals surface area contributed by atoms with Gasteiger partial charge in [-0.15, -0.1) is 0 Å². The van der Waals surface area contributed by atoms with Gasteiger partial charge in [-0.3, -0.25) is 10.1 Å². The van der Waals surface area contributed by atoms with E-state index in [4.69, 9.17) is 0 Å². The number of hydrogen-bond acceptors (Lipinski definition) is 4. The number of nitrogens with zero attached hydrogens (tertiary/aromatic N) is 2. The molecule has 1 aromatic carbocycles. The first kappa shape index (κ1) is 13.8. The molecule has 0 spiro atoms. The van der Waals surface area contributed by atoms with Gasteiger partial charge in [-0.25, -0.2) is 0 Å². The third-order valence-corrected chi connectivity index (χ3v) is 3.80. The van der Waals surface area contributed by atoms with Crippen LogP contribution in [0.25, 0.3) is 0 Å². The van der Waals surface area contributed by atoms with Crippen LogP contribution in [0.5, 0.6) is 0 Å². The Kier molecular flexibility index (Phi) is 4.37. The van der Waals surface area contributed by atoms with Crippen LogP contribution in [0.3, 0.4) is 0 Å². The molecule has 0 aromatic heterocycles. The summed E-state index contributed by atoms with van der Waals surface area (Å²) in [5.41, 5.74) is 1.69. The Morgan fingerprint density at radius 3 is 2.95 bits per heavy atom. The van der Waals surface area contributed by atoms with Crippen LogP contribution in [-0.4, -0.2) is 36.0 Å². The maximum Gasteiger partial charge on any atom is 0.292 e. The fraction of sp³-hybridized carbons (Fsp3) is 0.571. The SMILES string of the molecule is Cc1ccc(NCC2CCCCN2C)c([N+](=O)[O-])c1. The van der Waals surface area contributed by atoms with E-state index in [2.05, 4.69) is 17.3 Å². The molecule has 1 heterocycles. The van der Waals surface area contributed by atoms with Crippen molar-refractivity contribution in [1.82, 2.24) is 4.90 Å². The van der Waals surface area contributed by atoms with Gasteiger partial charge in [-0.1, -0.05) is 12.5 Å². The van der Waals surface area contributed by atoms with Crippen molar-refractivity contribution in [3.05, 3.63) is 33.9 Å². The lowest BCUT2D eigenvalue weighted by atomic mass is 10.0.